The maximum Gasteiger partial charge on any atom is -0.0412 e. The molecule has 2 unspecified atom stereocenters. The van der Waals surface area contributed by atoms with Gasteiger partial charge in [-0.2, -0.15) is 0 Å². The summed E-state index contributed by atoms with van der Waals surface area (Å²) in [5, 5.41) is 0. The van der Waals surface area contributed by atoms with E-state index in [2.05, 4.69) is 27.7 Å². The first-order chi connectivity index (χ1) is 10.8. The van der Waals surface area contributed by atoms with Gasteiger partial charge in [-0.1, -0.05) is 124 Å². The lowest BCUT2D eigenvalue weighted by atomic mass is 9.83. The highest BCUT2D eigenvalue weighted by Gasteiger charge is 2.15. The second-order valence-corrected chi connectivity index (χ2v) is 7.57. The first kappa shape index (κ1) is 22.0. The van der Waals surface area contributed by atoms with Gasteiger partial charge in [0.05, 0.1) is 0 Å². The molecule has 0 saturated carbocycles. The molecule has 0 radical (unpaired) electrons. The van der Waals surface area contributed by atoms with Crippen molar-refractivity contribution in [2.75, 3.05) is 0 Å². The molecule has 0 spiro atoms. The second kappa shape index (κ2) is 17.4. The van der Waals surface area contributed by atoms with Crippen LogP contribution in [0.4, 0.5) is 0 Å². The van der Waals surface area contributed by atoms with Crippen LogP contribution >= 0.6 is 0 Å². The molecule has 0 rings (SSSR count). The molecule has 134 valence electrons. The zero-order chi connectivity index (χ0) is 16.5. The van der Waals surface area contributed by atoms with Crippen molar-refractivity contribution >= 4 is 0 Å². The summed E-state index contributed by atoms with van der Waals surface area (Å²) < 4.78 is 0. The zero-order valence-electron chi connectivity index (χ0n) is 16.5. The van der Waals surface area contributed by atoms with E-state index in [1.807, 2.05) is 0 Å². The minimum Gasteiger partial charge on any atom is -0.0654 e. The van der Waals surface area contributed by atoms with E-state index >= 15 is 0 Å². The molecule has 0 N–H and O–H groups in total. The topological polar surface area (TPSA) is 0 Å². The fraction of sp³-hybridized carbons (Fsp3) is 1.00. The third-order valence-electron chi connectivity index (χ3n) is 5.39. The van der Waals surface area contributed by atoms with Gasteiger partial charge in [0.25, 0.3) is 0 Å². The van der Waals surface area contributed by atoms with Crippen LogP contribution in [0.3, 0.4) is 0 Å². The maximum atomic E-state index is 2.42. The largest absolute Gasteiger partial charge is 0.0654 e. The average molecular weight is 311 g/mol. The smallest absolute Gasteiger partial charge is 0.0412 e. The number of hydrogen-bond acceptors (Lipinski definition) is 0. The van der Waals surface area contributed by atoms with Gasteiger partial charge < -0.3 is 0 Å². The van der Waals surface area contributed by atoms with E-state index in [0.29, 0.717) is 0 Å². The Morgan fingerprint density at radius 1 is 0.455 bits per heavy atom. The highest BCUT2D eigenvalue weighted by Crippen LogP contribution is 2.29. The van der Waals surface area contributed by atoms with E-state index in [9.17, 15) is 0 Å². The van der Waals surface area contributed by atoms with Crippen molar-refractivity contribution in [3.63, 3.8) is 0 Å². The van der Waals surface area contributed by atoms with E-state index in [4.69, 9.17) is 0 Å². The quantitative estimate of drug-likeness (QED) is 0.236. The standard InChI is InChI=1S/C22H46/c1-5-9-12-13-16-19-22(18-15-11-7-3)20-21(8-4)17-14-10-6-2/h21-22H,5-20H2,1-4H3. The SMILES string of the molecule is CCCCCCCC(CCCCC)CC(CC)CCCCC. The van der Waals surface area contributed by atoms with E-state index < -0.39 is 0 Å². The Morgan fingerprint density at radius 2 is 0.864 bits per heavy atom. The molecule has 0 aliphatic rings. The molecule has 0 aliphatic heterocycles. The minimum atomic E-state index is 1.01. The van der Waals surface area contributed by atoms with Crippen molar-refractivity contribution in [3.05, 3.63) is 0 Å². The summed E-state index contributed by atoms with van der Waals surface area (Å²) >= 11 is 0. The summed E-state index contributed by atoms with van der Waals surface area (Å²) in [6.45, 7) is 9.39. The van der Waals surface area contributed by atoms with Crippen LogP contribution in [0.15, 0.2) is 0 Å². The molecular weight excluding hydrogens is 264 g/mol. The van der Waals surface area contributed by atoms with Crippen molar-refractivity contribution in [3.8, 4) is 0 Å². The minimum absolute atomic E-state index is 1.01. The Kier molecular flexibility index (Phi) is 17.4. The molecule has 2 atom stereocenters. The van der Waals surface area contributed by atoms with Crippen LogP contribution in [0.25, 0.3) is 0 Å². The van der Waals surface area contributed by atoms with Crippen LogP contribution in [-0.2, 0) is 0 Å². The molecule has 0 saturated heterocycles. The van der Waals surface area contributed by atoms with Crippen LogP contribution in [0, 0.1) is 11.8 Å². The van der Waals surface area contributed by atoms with E-state index in [-0.39, 0.29) is 0 Å². The lowest BCUT2D eigenvalue weighted by Crippen LogP contribution is -2.09. The van der Waals surface area contributed by atoms with Gasteiger partial charge in [0.2, 0.25) is 0 Å². The maximum absolute atomic E-state index is 2.42. The predicted molar refractivity (Wildman–Crippen MR) is 104 cm³/mol. The number of unbranched alkanes of at least 4 members (excludes halogenated alkanes) is 8. The normalized spacial score (nSPS) is 14.2. The van der Waals surface area contributed by atoms with E-state index in [0.717, 1.165) is 11.8 Å². The molecule has 0 heteroatoms. The van der Waals surface area contributed by atoms with Crippen LogP contribution < -0.4 is 0 Å². The van der Waals surface area contributed by atoms with Gasteiger partial charge in [0.1, 0.15) is 0 Å². The summed E-state index contributed by atoms with van der Waals surface area (Å²) in [5.41, 5.74) is 0. The Labute approximate surface area is 142 Å². The van der Waals surface area contributed by atoms with Crippen molar-refractivity contribution < 1.29 is 0 Å². The van der Waals surface area contributed by atoms with Gasteiger partial charge >= 0.3 is 0 Å². The molecule has 0 aliphatic carbocycles. The molecular formula is C22H46. The third kappa shape index (κ3) is 13.6. The highest BCUT2D eigenvalue weighted by atomic mass is 14.2. The lowest BCUT2D eigenvalue weighted by Gasteiger charge is -2.23. The summed E-state index contributed by atoms with van der Waals surface area (Å²) in [5.74, 6) is 2.04. The molecule has 0 aromatic carbocycles. The van der Waals surface area contributed by atoms with Crippen molar-refractivity contribution in [1.29, 1.82) is 0 Å². The molecule has 0 nitrogen and oxygen atoms in total. The van der Waals surface area contributed by atoms with Crippen molar-refractivity contribution in [1.82, 2.24) is 0 Å². The van der Waals surface area contributed by atoms with Gasteiger partial charge in [0, 0.05) is 0 Å². The lowest BCUT2D eigenvalue weighted by molar-refractivity contribution is 0.295. The van der Waals surface area contributed by atoms with Gasteiger partial charge in [-0.15, -0.1) is 0 Å². The highest BCUT2D eigenvalue weighted by molar-refractivity contribution is 4.67. The van der Waals surface area contributed by atoms with Crippen LogP contribution in [0.1, 0.15) is 130 Å². The average Bonchev–Trinajstić information content (AvgIpc) is 2.53. The molecule has 0 aromatic rings. The summed E-state index contributed by atoms with van der Waals surface area (Å²) in [6.07, 6.45) is 23.2. The first-order valence-electron chi connectivity index (χ1n) is 10.8. The summed E-state index contributed by atoms with van der Waals surface area (Å²) in [4.78, 5) is 0. The van der Waals surface area contributed by atoms with Gasteiger partial charge in [-0.25, -0.2) is 0 Å². The van der Waals surface area contributed by atoms with Gasteiger partial charge in [-0.3, -0.25) is 0 Å². The molecule has 0 fully saturated rings. The Hall–Kier alpha value is 0. The molecule has 0 heterocycles. The second-order valence-electron chi connectivity index (χ2n) is 7.57. The molecule has 0 bridgehead atoms. The predicted octanol–water partition coefficient (Wildman–Crippen LogP) is 8.54. The first-order valence-corrected chi connectivity index (χ1v) is 10.8. The molecule has 0 aromatic heterocycles. The van der Waals surface area contributed by atoms with Crippen LogP contribution in [0.2, 0.25) is 0 Å². The monoisotopic (exact) mass is 310 g/mol. The zero-order valence-corrected chi connectivity index (χ0v) is 16.5. The van der Waals surface area contributed by atoms with Crippen LogP contribution in [-0.4, -0.2) is 0 Å². The third-order valence-corrected chi connectivity index (χ3v) is 5.39. The summed E-state index contributed by atoms with van der Waals surface area (Å²) in [7, 11) is 0. The Balaban J connectivity index is 4.06. The fourth-order valence-electron chi connectivity index (χ4n) is 3.74. The van der Waals surface area contributed by atoms with Crippen molar-refractivity contribution in [2.24, 2.45) is 11.8 Å². The van der Waals surface area contributed by atoms with Crippen molar-refractivity contribution in [2.45, 2.75) is 130 Å². The number of hydrogen-bond donors (Lipinski definition) is 0. The Bertz CT molecular complexity index is 196. The number of rotatable bonds is 17. The van der Waals surface area contributed by atoms with Crippen LogP contribution in [0.5, 0.6) is 0 Å². The van der Waals surface area contributed by atoms with Gasteiger partial charge in [-0.05, 0) is 18.3 Å². The molecule has 22 heavy (non-hydrogen) atoms. The van der Waals surface area contributed by atoms with E-state index in [1.165, 1.54) is 103 Å². The van der Waals surface area contributed by atoms with E-state index in [1.54, 1.807) is 0 Å². The Morgan fingerprint density at radius 3 is 1.36 bits per heavy atom. The van der Waals surface area contributed by atoms with Gasteiger partial charge in [0.15, 0.2) is 0 Å². The molecule has 0 amide bonds. The fourth-order valence-corrected chi connectivity index (χ4v) is 3.74. The summed E-state index contributed by atoms with van der Waals surface area (Å²) in [6, 6.07) is 0.